The Morgan fingerprint density at radius 1 is 1.38 bits per heavy atom. The van der Waals surface area contributed by atoms with Gasteiger partial charge in [-0.05, 0) is 12.2 Å². The van der Waals surface area contributed by atoms with E-state index in [4.69, 9.17) is 11.6 Å². The van der Waals surface area contributed by atoms with Gasteiger partial charge in [0.05, 0.1) is 11.1 Å². The van der Waals surface area contributed by atoms with Gasteiger partial charge in [-0.2, -0.15) is 0 Å². The van der Waals surface area contributed by atoms with Crippen molar-refractivity contribution in [3.63, 3.8) is 0 Å². The van der Waals surface area contributed by atoms with Crippen LogP contribution in [0.5, 0.6) is 0 Å². The molecule has 0 spiro atoms. The summed E-state index contributed by atoms with van der Waals surface area (Å²) in [6, 6.07) is 0. The van der Waals surface area contributed by atoms with Gasteiger partial charge in [-0.3, -0.25) is 4.79 Å². The zero-order valence-electron chi connectivity index (χ0n) is 6.50. The number of hydrogen-bond donors (Lipinski definition) is 0. The van der Waals surface area contributed by atoms with Crippen LogP contribution in [0.2, 0.25) is 0 Å². The van der Waals surface area contributed by atoms with Crippen molar-refractivity contribution in [1.82, 2.24) is 0 Å². The lowest BCUT2D eigenvalue weighted by Crippen LogP contribution is -2.21. The average molecular weight is 259 g/mol. The molecule has 0 fully saturated rings. The van der Waals surface area contributed by atoms with Crippen molar-refractivity contribution in [3.8, 4) is 0 Å². The summed E-state index contributed by atoms with van der Waals surface area (Å²) in [5, 5.41) is -0.301. The number of aliphatic imine (C=N–C) groups is 1. The van der Waals surface area contributed by atoms with Gasteiger partial charge in [-0.1, -0.05) is 22.0 Å². The minimum absolute atomic E-state index is 0.250. The Labute approximate surface area is 88.8 Å². The SMILES string of the molecule is O=C1C=CC2=C(Br)C=CC(Cl)C2=N1. The predicted octanol–water partition coefficient (Wildman–Crippen LogP) is 2.35. The molecule has 13 heavy (non-hydrogen) atoms. The number of halogens is 2. The van der Waals surface area contributed by atoms with Crippen molar-refractivity contribution in [1.29, 1.82) is 0 Å². The fourth-order valence-corrected chi connectivity index (χ4v) is 1.95. The summed E-state index contributed by atoms with van der Waals surface area (Å²) in [5.74, 6) is -0.250. The van der Waals surface area contributed by atoms with Crippen LogP contribution in [0, 0.1) is 0 Å². The fraction of sp³-hybridized carbons (Fsp3) is 0.111. The first kappa shape index (κ1) is 8.91. The number of dihydropyridines is 1. The Morgan fingerprint density at radius 2 is 2.15 bits per heavy atom. The van der Waals surface area contributed by atoms with Gasteiger partial charge in [0.1, 0.15) is 0 Å². The maximum Gasteiger partial charge on any atom is 0.270 e. The molecule has 0 aromatic rings. The lowest BCUT2D eigenvalue weighted by molar-refractivity contribution is -0.113. The fourth-order valence-electron chi connectivity index (χ4n) is 1.22. The quantitative estimate of drug-likeness (QED) is 0.613. The van der Waals surface area contributed by atoms with Crippen LogP contribution < -0.4 is 0 Å². The van der Waals surface area contributed by atoms with Gasteiger partial charge < -0.3 is 0 Å². The van der Waals surface area contributed by atoms with Gasteiger partial charge in [0.15, 0.2) is 0 Å². The summed E-state index contributed by atoms with van der Waals surface area (Å²) >= 11 is 9.33. The Morgan fingerprint density at radius 3 is 2.92 bits per heavy atom. The van der Waals surface area contributed by atoms with Crippen molar-refractivity contribution in [3.05, 3.63) is 34.4 Å². The maximum atomic E-state index is 11.0. The normalized spacial score (nSPS) is 26.2. The molecule has 0 radical (unpaired) electrons. The number of rotatable bonds is 0. The summed E-state index contributed by atoms with van der Waals surface area (Å²) in [5.41, 5.74) is 1.52. The number of amides is 1. The molecule has 4 heteroatoms. The number of allylic oxidation sites excluding steroid dienone is 5. The van der Waals surface area contributed by atoms with E-state index in [1.165, 1.54) is 6.08 Å². The standard InChI is InChI=1S/C9H5BrClNO/c10-6-2-3-7(11)9-5(6)1-4-8(13)12-9/h1-4,7H. The largest absolute Gasteiger partial charge is 0.270 e. The second kappa shape index (κ2) is 3.24. The highest BCUT2D eigenvalue weighted by Gasteiger charge is 2.22. The van der Waals surface area contributed by atoms with Gasteiger partial charge >= 0.3 is 0 Å². The monoisotopic (exact) mass is 257 g/mol. The number of carbonyl (C=O) groups is 1. The third-order valence-electron chi connectivity index (χ3n) is 1.83. The van der Waals surface area contributed by atoms with Crippen LogP contribution in [0.4, 0.5) is 0 Å². The average Bonchev–Trinajstić information content (AvgIpc) is 2.12. The topological polar surface area (TPSA) is 29.4 Å². The van der Waals surface area contributed by atoms with Crippen LogP contribution in [0.1, 0.15) is 0 Å². The van der Waals surface area contributed by atoms with E-state index in [-0.39, 0.29) is 11.3 Å². The zero-order valence-corrected chi connectivity index (χ0v) is 8.84. The van der Waals surface area contributed by atoms with Gasteiger partial charge in [0.25, 0.3) is 5.91 Å². The minimum atomic E-state index is -0.301. The summed E-state index contributed by atoms with van der Waals surface area (Å²) in [4.78, 5) is 14.8. The lowest BCUT2D eigenvalue weighted by atomic mass is 10.00. The Balaban J connectivity index is 2.54. The molecule has 1 heterocycles. The third kappa shape index (κ3) is 1.54. The van der Waals surface area contributed by atoms with Crippen LogP contribution in [-0.4, -0.2) is 17.0 Å². The van der Waals surface area contributed by atoms with Crippen LogP contribution in [0.3, 0.4) is 0 Å². The van der Waals surface area contributed by atoms with E-state index < -0.39 is 0 Å². The molecule has 0 aromatic heterocycles. The van der Waals surface area contributed by atoms with E-state index in [1.54, 1.807) is 12.2 Å². The van der Waals surface area contributed by atoms with Crippen molar-refractivity contribution in [2.24, 2.45) is 4.99 Å². The highest BCUT2D eigenvalue weighted by Crippen LogP contribution is 2.27. The van der Waals surface area contributed by atoms with E-state index >= 15 is 0 Å². The van der Waals surface area contributed by atoms with Crippen molar-refractivity contribution in [2.75, 3.05) is 0 Å². The Bertz CT molecular complexity index is 392. The smallest absolute Gasteiger partial charge is 0.267 e. The van der Waals surface area contributed by atoms with E-state index in [1.807, 2.05) is 6.08 Å². The van der Waals surface area contributed by atoms with E-state index in [0.29, 0.717) is 5.71 Å². The molecule has 2 rings (SSSR count). The molecule has 1 aliphatic carbocycles. The van der Waals surface area contributed by atoms with Crippen molar-refractivity contribution >= 4 is 39.1 Å². The number of nitrogens with zero attached hydrogens (tertiary/aromatic N) is 1. The first-order valence-corrected chi connectivity index (χ1v) is 4.94. The third-order valence-corrected chi connectivity index (χ3v) is 2.87. The van der Waals surface area contributed by atoms with E-state index in [2.05, 4.69) is 20.9 Å². The summed E-state index contributed by atoms with van der Waals surface area (Å²) in [7, 11) is 0. The second-order valence-corrected chi connectivity index (χ2v) is 4.02. The van der Waals surface area contributed by atoms with Crippen molar-refractivity contribution in [2.45, 2.75) is 5.38 Å². The number of fused-ring (bicyclic) bond motifs is 1. The van der Waals surface area contributed by atoms with Crippen LogP contribution in [0.25, 0.3) is 0 Å². The summed E-state index contributed by atoms with van der Waals surface area (Å²) in [6.45, 7) is 0. The second-order valence-electron chi connectivity index (χ2n) is 2.69. The predicted molar refractivity (Wildman–Crippen MR) is 56.3 cm³/mol. The molecule has 0 saturated carbocycles. The number of hydrogen-bond acceptors (Lipinski definition) is 1. The molecule has 0 N–H and O–H groups in total. The maximum absolute atomic E-state index is 11.0. The number of carbonyl (C=O) groups excluding carboxylic acids is 1. The zero-order chi connectivity index (χ0) is 9.42. The van der Waals surface area contributed by atoms with Gasteiger partial charge in [0.2, 0.25) is 0 Å². The highest BCUT2D eigenvalue weighted by molar-refractivity contribution is 9.12. The van der Waals surface area contributed by atoms with Crippen LogP contribution in [-0.2, 0) is 4.79 Å². The molecule has 1 unspecified atom stereocenters. The van der Waals surface area contributed by atoms with Crippen LogP contribution >= 0.6 is 27.5 Å². The molecule has 2 aliphatic rings. The molecular weight excluding hydrogens is 253 g/mol. The highest BCUT2D eigenvalue weighted by atomic mass is 79.9. The van der Waals surface area contributed by atoms with Gasteiger partial charge in [-0.25, -0.2) is 4.99 Å². The Hall–Kier alpha value is -0.670. The van der Waals surface area contributed by atoms with Gasteiger partial charge in [-0.15, -0.1) is 11.6 Å². The van der Waals surface area contributed by atoms with Crippen molar-refractivity contribution < 1.29 is 4.79 Å². The minimum Gasteiger partial charge on any atom is -0.267 e. The van der Waals surface area contributed by atoms with Gasteiger partial charge in [0, 0.05) is 16.1 Å². The molecule has 1 aliphatic heterocycles. The summed E-state index contributed by atoms with van der Waals surface area (Å²) in [6.07, 6.45) is 6.82. The first-order valence-electron chi connectivity index (χ1n) is 3.71. The lowest BCUT2D eigenvalue weighted by Gasteiger charge is -2.17. The molecule has 0 aromatic carbocycles. The van der Waals surface area contributed by atoms with Crippen LogP contribution in [0.15, 0.2) is 39.4 Å². The molecule has 66 valence electrons. The molecule has 0 saturated heterocycles. The summed E-state index contributed by atoms with van der Waals surface area (Å²) < 4.78 is 0.909. The molecule has 0 bridgehead atoms. The molecule has 1 atom stereocenters. The molecule has 2 nitrogen and oxygen atoms in total. The molecule has 1 amide bonds. The Kier molecular flexibility index (Phi) is 2.22. The molecular formula is C9H5BrClNO. The van der Waals surface area contributed by atoms with E-state index in [0.717, 1.165) is 10.1 Å². The van der Waals surface area contributed by atoms with E-state index in [9.17, 15) is 4.79 Å². The number of alkyl halides is 1. The first-order chi connectivity index (χ1) is 6.18.